The second-order valence-corrected chi connectivity index (χ2v) is 5.28. The van der Waals surface area contributed by atoms with E-state index in [1.54, 1.807) is 6.33 Å². The fraction of sp³-hybridized carbons (Fsp3) is 0.111. The minimum atomic E-state index is 0.806. The smallest absolute Gasteiger partial charge is 0.138 e. The van der Waals surface area contributed by atoms with Gasteiger partial charge in [0.25, 0.3) is 0 Å². The van der Waals surface area contributed by atoms with Crippen LogP contribution in [0.25, 0.3) is 0 Å². The summed E-state index contributed by atoms with van der Waals surface area (Å²) in [6, 6.07) is 20.5. The van der Waals surface area contributed by atoms with Gasteiger partial charge in [0.15, 0.2) is 0 Å². The first kappa shape index (κ1) is 12.8. The summed E-state index contributed by atoms with van der Waals surface area (Å²) in [6.45, 7) is 0.959. The molecule has 0 aliphatic carbocycles. The van der Waals surface area contributed by atoms with Gasteiger partial charge in [-0.3, -0.25) is 0 Å². The molecule has 0 fully saturated rings. The van der Waals surface area contributed by atoms with E-state index in [4.69, 9.17) is 0 Å². The van der Waals surface area contributed by atoms with Crippen molar-refractivity contribution >= 4 is 23.0 Å². The lowest BCUT2D eigenvalue weighted by atomic mass is 10.2. The normalized spacial score (nSPS) is 13.0. The number of rotatable bonds is 3. The predicted octanol–water partition coefficient (Wildman–Crippen LogP) is 3.91. The summed E-state index contributed by atoms with van der Waals surface area (Å²) in [4.78, 5) is 11.0. The highest BCUT2D eigenvalue weighted by atomic mass is 15.2. The Kier molecular flexibility index (Phi) is 3.20. The van der Waals surface area contributed by atoms with E-state index in [-0.39, 0.29) is 0 Å². The molecule has 0 amide bonds. The van der Waals surface area contributed by atoms with Gasteiger partial charge < -0.3 is 10.2 Å². The van der Waals surface area contributed by atoms with Crippen molar-refractivity contribution in [2.24, 2.45) is 0 Å². The van der Waals surface area contributed by atoms with Gasteiger partial charge in [0, 0.05) is 24.0 Å². The standard InChI is InChI=1S/C18H16N4/c1-2-7-15(8-3-1)21-17-12-18(20-13-19-17)22-11-10-14-6-4-5-9-16(14)22/h1-9,12-13H,10-11H2,(H,19,20,21). The Morgan fingerprint density at radius 2 is 1.73 bits per heavy atom. The van der Waals surface area contributed by atoms with Crippen LogP contribution in [-0.2, 0) is 6.42 Å². The first-order valence-corrected chi connectivity index (χ1v) is 7.40. The number of benzene rings is 2. The van der Waals surface area contributed by atoms with E-state index < -0.39 is 0 Å². The van der Waals surface area contributed by atoms with Crippen molar-refractivity contribution in [1.29, 1.82) is 0 Å². The molecule has 1 aliphatic rings. The van der Waals surface area contributed by atoms with Gasteiger partial charge >= 0.3 is 0 Å². The van der Waals surface area contributed by atoms with Crippen LogP contribution in [0.5, 0.6) is 0 Å². The molecule has 4 rings (SSSR count). The number of para-hydroxylation sites is 2. The van der Waals surface area contributed by atoms with Crippen LogP contribution in [0, 0.1) is 0 Å². The van der Waals surface area contributed by atoms with Crippen LogP contribution in [0.15, 0.2) is 67.0 Å². The van der Waals surface area contributed by atoms with Gasteiger partial charge in [0.1, 0.15) is 18.0 Å². The van der Waals surface area contributed by atoms with Gasteiger partial charge in [0.2, 0.25) is 0 Å². The summed E-state index contributed by atoms with van der Waals surface area (Å²) in [5.74, 6) is 1.74. The van der Waals surface area contributed by atoms with Crippen LogP contribution >= 0.6 is 0 Å². The summed E-state index contributed by atoms with van der Waals surface area (Å²) < 4.78 is 0. The van der Waals surface area contributed by atoms with Crippen LogP contribution in [0.3, 0.4) is 0 Å². The van der Waals surface area contributed by atoms with Crippen LogP contribution < -0.4 is 10.2 Å². The van der Waals surface area contributed by atoms with E-state index in [0.717, 1.165) is 30.3 Å². The lowest BCUT2D eigenvalue weighted by molar-refractivity contribution is 0.965. The summed E-state index contributed by atoms with van der Waals surface area (Å²) >= 11 is 0. The summed E-state index contributed by atoms with van der Waals surface area (Å²) in [6.07, 6.45) is 2.67. The number of nitrogens with zero attached hydrogens (tertiary/aromatic N) is 3. The molecule has 108 valence electrons. The number of hydrogen-bond acceptors (Lipinski definition) is 4. The molecule has 2 aromatic carbocycles. The molecule has 1 N–H and O–H groups in total. The number of fused-ring (bicyclic) bond motifs is 1. The fourth-order valence-corrected chi connectivity index (χ4v) is 2.81. The Bertz CT molecular complexity index is 786. The molecule has 0 saturated carbocycles. The molecule has 22 heavy (non-hydrogen) atoms. The SMILES string of the molecule is c1ccc(Nc2cc(N3CCc4ccccc43)ncn2)cc1. The molecule has 0 unspecified atom stereocenters. The van der Waals surface area contributed by atoms with E-state index in [1.165, 1.54) is 11.3 Å². The quantitative estimate of drug-likeness (QED) is 0.793. The van der Waals surface area contributed by atoms with Crippen molar-refractivity contribution < 1.29 is 0 Å². The average molecular weight is 288 g/mol. The molecule has 0 atom stereocenters. The van der Waals surface area contributed by atoms with Crippen molar-refractivity contribution in [3.05, 3.63) is 72.6 Å². The Balaban J connectivity index is 1.63. The highest BCUT2D eigenvalue weighted by Gasteiger charge is 2.20. The Morgan fingerprint density at radius 1 is 0.909 bits per heavy atom. The third-order valence-electron chi connectivity index (χ3n) is 3.86. The van der Waals surface area contributed by atoms with Gasteiger partial charge in [-0.25, -0.2) is 9.97 Å². The zero-order valence-electron chi connectivity index (χ0n) is 12.1. The minimum Gasteiger partial charge on any atom is -0.340 e. The van der Waals surface area contributed by atoms with Gasteiger partial charge in [-0.05, 0) is 30.2 Å². The Hall–Kier alpha value is -2.88. The monoisotopic (exact) mass is 288 g/mol. The van der Waals surface area contributed by atoms with Crippen LogP contribution in [0.1, 0.15) is 5.56 Å². The largest absolute Gasteiger partial charge is 0.340 e. The maximum absolute atomic E-state index is 4.44. The summed E-state index contributed by atoms with van der Waals surface area (Å²) in [7, 11) is 0. The lowest BCUT2D eigenvalue weighted by Crippen LogP contribution is -2.15. The maximum Gasteiger partial charge on any atom is 0.138 e. The molecule has 4 nitrogen and oxygen atoms in total. The highest BCUT2D eigenvalue weighted by molar-refractivity contribution is 5.69. The van der Waals surface area contributed by atoms with Crippen molar-refractivity contribution in [3.8, 4) is 0 Å². The van der Waals surface area contributed by atoms with E-state index >= 15 is 0 Å². The first-order valence-electron chi connectivity index (χ1n) is 7.40. The first-order chi connectivity index (χ1) is 10.9. The molecule has 0 bridgehead atoms. The van der Waals surface area contributed by atoms with Crippen LogP contribution in [0.2, 0.25) is 0 Å². The molecular weight excluding hydrogens is 272 g/mol. The third-order valence-corrected chi connectivity index (χ3v) is 3.86. The van der Waals surface area contributed by atoms with E-state index in [1.807, 2.05) is 36.4 Å². The Labute approximate surface area is 129 Å². The van der Waals surface area contributed by atoms with Crippen molar-refractivity contribution in [3.63, 3.8) is 0 Å². The van der Waals surface area contributed by atoms with Gasteiger partial charge in [0.05, 0.1) is 0 Å². The molecule has 0 saturated heterocycles. The molecule has 1 aliphatic heterocycles. The van der Waals surface area contributed by atoms with E-state index in [9.17, 15) is 0 Å². The molecule has 3 aromatic rings. The predicted molar refractivity (Wildman–Crippen MR) is 88.9 cm³/mol. The Morgan fingerprint density at radius 3 is 2.64 bits per heavy atom. The van der Waals surface area contributed by atoms with Crippen molar-refractivity contribution in [2.75, 3.05) is 16.8 Å². The fourth-order valence-electron chi connectivity index (χ4n) is 2.81. The van der Waals surface area contributed by atoms with Crippen molar-refractivity contribution in [2.45, 2.75) is 6.42 Å². The highest BCUT2D eigenvalue weighted by Crippen LogP contribution is 2.33. The average Bonchev–Trinajstić information content (AvgIpc) is 3.00. The van der Waals surface area contributed by atoms with Crippen LogP contribution in [0.4, 0.5) is 23.0 Å². The van der Waals surface area contributed by atoms with Gasteiger partial charge in [-0.1, -0.05) is 36.4 Å². The second-order valence-electron chi connectivity index (χ2n) is 5.28. The molecule has 4 heteroatoms. The zero-order valence-corrected chi connectivity index (χ0v) is 12.1. The summed E-state index contributed by atoms with van der Waals surface area (Å²) in [5.41, 5.74) is 3.64. The van der Waals surface area contributed by atoms with Crippen molar-refractivity contribution in [1.82, 2.24) is 9.97 Å². The van der Waals surface area contributed by atoms with E-state index in [0.29, 0.717) is 0 Å². The molecule has 0 radical (unpaired) electrons. The summed E-state index contributed by atoms with van der Waals surface area (Å²) in [5, 5.41) is 3.31. The third kappa shape index (κ3) is 2.39. The number of anilines is 4. The number of hydrogen-bond donors (Lipinski definition) is 1. The van der Waals surface area contributed by atoms with Crippen LogP contribution in [-0.4, -0.2) is 16.5 Å². The molecule has 2 heterocycles. The molecular formula is C18H16N4. The van der Waals surface area contributed by atoms with Gasteiger partial charge in [-0.2, -0.15) is 0 Å². The van der Waals surface area contributed by atoms with Gasteiger partial charge in [-0.15, -0.1) is 0 Å². The molecule has 0 spiro atoms. The minimum absolute atomic E-state index is 0.806. The number of nitrogens with one attached hydrogen (secondary N) is 1. The zero-order chi connectivity index (χ0) is 14.8. The number of aromatic nitrogens is 2. The lowest BCUT2D eigenvalue weighted by Gasteiger charge is -2.18. The maximum atomic E-state index is 4.44. The second kappa shape index (κ2) is 5.48. The van der Waals surface area contributed by atoms with E-state index in [2.05, 4.69) is 44.5 Å². The topological polar surface area (TPSA) is 41.0 Å². The molecule has 1 aromatic heterocycles.